The van der Waals surface area contributed by atoms with Crippen molar-refractivity contribution in [2.45, 2.75) is 39.2 Å². The minimum absolute atomic E-state index is 0.441. The highest BCUT2D eigenvalue weighted by Crippen LogP contribution is 2.32. The molecule has 0 radical (unpaired) electrons. The number of fused-ring (bicyclic) bond motifs is 1. The Morgan fingerprint density at radius 3 is 2.55 bits per heavy atom. The number of rotatable bonds is 2. The summed E-state index contributed by atoms with van der Waals surface area (Å²) in [4.78, 5) is 9.07. The first kappa shape index (κ1) is 13.2. The van der Waals surface area contributed by atoms with Crippen LogP contribution in [0.4, 0.5) is 11.6 Å². The maximum Gasteiger partial charge on any atom is 0.169 e. The second-order valence-electron chi connectivity index (χ2n) is 5.96. The molecule has 3 atom stereocenters. The van der Waals surface area contributed by atoms with Gasteiger partial charge in [-0.15, -0.1) is 0 Å². The van der Waals surface area contributed by atoms with Gasteiger partial charge in [-0.25, -0.2) is 9.97 Å². The van der Waals surface area contributed by atoms with Crippen LogP contribution in [0.1, 0.15) is 33.1 Å². The number of hydrogen-bond donors (Lipinski definition) is 2. The first-order chi connectivity index (χ1) is 9.65. The van der Waals surface area contributed by atoms with Crippen LogP contribution in [-0.4, -0.2) is 16.0 Å². The molecule has 4 heteroatoms. The summed E-state index contributed by atoms with van der Waals surface area (Å²) in [5.74, 6) is 2.61. The van der Waals surface area contributed by atoms with Gasteiger partial charge in [-0.1, -0.05) is 38.8 Å². The number of nitrogens with two attached hydrogens (primary N) is 1. The van der Waals surface area contributed by atoms with Crippen LogP contribution in [-0.2, 0) is 0 Å². The molecule has 106 valence electrons. The van der Waals surface area contributed by atoms with Gasteiger partial charge in [0.15, 0.2) is 11.6 Å². The number of benzene rings is 1. The van der Waals surface area contributed by atoms with Crippen LogP contribution >= 0.6 is 0 Å². The Hall–Kier alpha value is -1.84. The fraction of sp³-hybridized carbons (Fsp3) is 0.500. The highest BCUT2D eigenvalue weighted by Gasteiger charge is 2.27. The molecular weight excluding hydrogens is 248 g/mol. The molecule has 1 fully saturated rings. The average molecular weight is 270 g/mol. The third kappa shape index (κ3) is 2.42. The van der Waals surface area contributed by atoms with Gasteiger partial charge in [-0.2, -0.15) is 0 Å². The third-order valence-corrected chi connectivity index (χ3v) is 4.63. The van der Waals surface area contributed by atoms with Crippen molar-refractivity contribution in [2.24, 2.45) is 11.8 Å². The molecule has 3 N–H and O–H groups in total. The summed E-state index contributed by atoms with van der Waals surface area (Å²) in [5.41, 5.74) is 7.79. The predicted molar refractivity (Wildman–Crippen MR) is 83.5 cm³/mol. The minimum Gasteiger partial charge on any atom is -0.381 e. The van der Waals surface area contributed by atoms with E-state index in [1.54, 1.807) is 0 Å². The minimum atomic E-state index is 0.441. The van der Waals surface area contributed by atoms with Crippen LogP contribution < -0.4 is 11.1 Å². The maximum absolute atomic E-state index is 6.05. The van der Waals surface area contributed by atoms with E-state index in [0.29, 0.717) is 17.8 Å². The lowest BCUT2D eigenvalue weighted by Gasteiger charge is -2.35. The normalized spacial score (nSPS) is 26.6. The van der Waals surface area contributed by atoms with Gasteiger partial charge >= 0.3 is 0 Å². The Kier molecular flexibility index (Phi) is 3.47. The smallest absolute Gasteiger partial charge is 0.169 e. The molecule has 4 nitrogen and oxygen atoms in total. The summed E-state index contributed by atoms with van der Waals surface area (Å²) in [6.07, 6.45) is 3.77. The van der Waals surface area contributed by atoms with Gasteiger partial charge in [0, 0.05) is 6.04 Å². The largest absolute Gasteiger partial charge is 0.381 e. The maximum atomic E-state index is 6.05. The molecule has 1 aromatic heterocycles. The zero-order chi connectivity index (χ0) is 14.1. The Morgan fingerprint density at radius 1 is 1.10 bits per heavy atom. The second kappa shape index (κ2) is 5.27. The molecule has 0 amide bonds. The van der Waals surface area contributed by atoms with E-state index in [-0.39, 0.29) is 0 Å². The highest BCUT2D eigenvalue weighted by molar-refractivity contribution is 5.79. The van der Waals surface area contributed by atoms with Crippen molar-refractivity contribution in [3.63, 3.8) is 0 Å². The number of anilines is 2. The van der Waals surface area contributed by atoms with E-state index in [1.165, 1.54) is 19.3 Å². The Balaban J connectivity index is 1.88. The number of nitrogen functional groups attached to an aromatic ring is 1. The van der Waals surface area contributed by atoms with Crippen LogP contribution in [0.3, 0.4) is 0 Å². The van der Waals surface area contributed by atoms with Crippen LogP contribution in [0, 0.1) is 11.8 Å². The Bertz CT molecular complexity index is 610. The van der Waals surface area contributed by atoms with E-state index in [2.05, 4.69) is 29.1 Å². The molecule has 1 saturated carbocycles. The van der Waals surface area contributed by atoms with Gasteiger partial charge in [0.2, 0.25) is 0 Å². The van der Waals surface area contributed by atoms with Crippen molar-refractivity contribution >= 4 is 22.7 Å². The summed E-state index contributed by atoms with van der Waals surface area (Å²) in [6, 6.07) is 8.28. The molecule has 1 aromatic carbocycles. The molecule has 2 aromatic rings. The van der Waals surface area contributed by atoms with Crippen molar-refractivity contribution in [1.82, 2.24) is 9.97 Å². The molecule has 20 heavy (non-hydrogen) atoms. The van der Waals surface area contributed by atoms with Gasteiger partial charge in [0.25, 0.3) is 0 Å². The van der Waals surface area contributed by atoms with Gasteiger partial charge in [-0.05, 0) is 30.4 Å². The lowest BCUT2D eigenvalue weighted by molar-refractivity contribution is 0.253. The van der Waals surface area contributed by atoms with Crippen LogP contribution in [0.2, 0.25) is 0 Å². The summed E-state index contributed by atoms with van der Waals surface area (Å²) >= 11 is 0. The van der Waals surface area contributed by atoms with E-state index in [0.717, 1.165) is 22.8 Å². The molecule has 0 saturated heterocycles. The number of hydrogen-bond acceptors (Lipinski definition) is 4. The summed E-state index contributed by atoms with van der Waals surface area (Å²) in [6.45, 7) is 4.64. The van der Waals surface area contributed by atoms with Gasteiger partial charge < -0.3 is 11.1 Å². The van der Waals surface area contributed by atoms with Crippen LogP contribution in [0.15, 0.2) is 24.3 Å². The lowest BCUT2D eigenvalue weighted by atomic mass is 9.78. The molecule has 0 bridgehead atoms. The number of aromatic nitrogens is 2. The van der Waals surface area contributed by atoms with Crippen molar-refractivity contribution in [3.8, 4) is 0 Å². The quantitative estimate of drug-likeness (QED) is 0.877. The van der Waals surface area contributed by atoms with Gasteiger partial charge in [-0.3, -0.25) is 0 Å². The second-order valence-corrected chi connectivity index (χ2v) is 5.96. The molecule has 1 aliphatic rings. The SMILES string of the molecule is CC1CCCC(Nc2nc3ccccc3nc2N)C1C. The van der Waals surface area contributed by atoms with Gasteiger partial charge in [0.1, 0.15) is 0 Å². The molecule has 3 unspecified atom stereocenters. The van der Waals surface area contributed by atoms with E-state index in [1.807, 2.05) is 24.3 Å². The number of nitrogens with one attached hydrogen (secondary N) is 1. The zero-order valence-corrected chi connectivity index (χ0v) is 12.1. The fourth-order valence-electron chi connectivity index (χ4n) is 3.08. The van der Waals surface area contributed by atoms with E-state index < -0.39 is 0 Å². The van der Waals surface area contributed by atoms with Crippen molar-refractivity contribution in [3.05, 3.63) is 24.3 Å². The van der Waals surface area contributed by atoms with Gasteiger partial charge in [0.05, 0.1) is 11.0 Å². The Labute approximate surface area is 119 Å². The van der Waals surface area contributed by atoms with Crippen LogP contribution in [0.25, 0.3) is 11.0 Å². The highest BCUT2D eigenvalue weighted by atomic mass is 15.1. The molecule has 0 spiro atoms. The molecule has 3 rings (SSSR count). The first-order valence-electron chi connectivity index (χ1n) is 7.44. The van der Waals surface area contributed by atoms with Crippen molar-refractivity contribution in [1.29, 1.82) is 0 Å². The average Bonchev–Trinajstić information content (AvgIpc) is 2.44. The monoisotopic (exact) mass is 270 g/mol. The first-order valence-corrected chi connectivity index (χ1v) is 7.44. The summed E-state index contributed by atoms with van der Waals surface area (Å²) in [5, 5.41) is 3.52. The summed E-state index contributed by atoms with van der Waals surface area (Å²) < 4.78 is 0. The van der Waals surface area contributed by atoms with Crippen molar-refractivity contribution in [2.75, 3.05) is 11.1 Å². The zero-order valence-electron chi connectivity index (χ0n) is 12.1. The standard InChI is InChI=1S/C16H22N4/c1-10-6-5-9-12(11(10)2)19-16-15(17)18-13-7-3-4-8-14(13)20-16/h3-4,7-8,10-12H,5-6,9H2,1-2H3,(H2,17,18)(H,19,20). The van der Waals surface area contributed by atoms with E-state index >= 15 is 0 Å². The van der Waals surface area contributed by atoms with Crippen molar-refractivity contribution < 1.29 is 0 Å². The number of para-hydroxylation sites is 2. The molecule has 1 heterocycles. The molecule has 1 aliphatic carbocycles. The van der Waals surface area contributed by atoms with Crippen LogP contribution in [0.5, 0.6) is 0 Å². The molecular formula is C16H22N4. The predicted octanol–water partition coefficient (Wildman–Crippen LogP) is 3.45. The topological polar surface area (TPSA) is 63.8 Å². The van der Waals surface area contributed by atoms with E-state index in [9.17, 15) is 0 Å². The fourth-order valence-corrected chi connectivity index (χ4v) is 3.08. The summed E-state index contributed by atoms with van der Waals surface area (Å²) in [7, 11) is 0. The van der Waals surface area contributed by atoms with E-state index in [4.69, 9.17) is 5.73 Å². The lowest BCUT2D eigenvalue weighted by Crippen LogP contribution is -2.35. The number of nitrogens with zero attached hydrogens (tertiary/aromatic N) is 2. The molecule has 0 aliphatic heterocycles. The third-order valence-electron chi connectivity index (χ3n) is 4.63. The Morgan fingerprint density at radius 2 is 1.80 bits per heavy atom.